The third kappa shape index (κ3) is 2.99. The first-order chi connectivity index (χ1) is 11.0. The van der Waals surface area contributed by atoms with Crippen molar-refractivity contribution in [2.75, 3.05) is 0 Å². The highest BCUT2D eigenvalue weighted by molar-refractivity contribution is 6.49. The molecule has 5 nitrogen and oxygen atoms in total. The van der Waals surface area contributed by atoms with Crippen molar-refractivity contribution in [2.45, 2.75) is 18.4 Å². The van der Waals surface area contributed by atoms with Crippen LogP contribution >= 0.6 is 0 Å². The Hall–Kier alpha value is -2.95. The van der Waals surface area contributed by atoms with Crippen molar-refractivity contribution in [3.8, 4) is 0 Å². The van der Waals surface area contributed by atoms with Gasteiger partial charge in [-0.05, 0) is 18.4 Å². The lowest BCUT2D eigenvalue weighted by molar-refractivity contribution is 0.0817. The quantitative estimate of drug-likeness (QED) is 0.657. The van der Waals surface area contributed by atoms with E-state index in [1.165, 1.54) is 0 Å². The number of carbonyl (C=O) groups excluding carboxylic acids is 2. The Morgan fingerprint density at radius 2 is 1.35 bits per heavy atom. The molecule has 2 aromatic carbocycles. The molecule has 2 aromatic rings. The van der Waals surface area contributed by atoms with Crippen molar-refractivity contribution in [1.29, 1.82) is 0 Å². The molecule has 116 valence electrons. The summed E-state index contributed by atoms with van der Waals surface area (Å²) in [7, 11) is 0. The monoisotopic (exact) mass is 309 g/mol. The average Bonchev–Trinajstić information content (AvgIpc) is 3.34. The number of carbonyl (C=O) groups is 3. The van der Waals surface area contributed by atoms with E-state index in [1.54, 1.807) is 54.6 Å². The van der Waals surface area contributed by atoms with Crippen LogP contribution in [0.3, 0.4) is 0 Å². The van der Waals surface area contributed by atoms with E-state index < -0.39 is 23.2 Å². The zero-order valence-electron chi connectivity index (χ0n) is 12.3. The number of hydrogen-bond acceptors (Lipinski definition) is 3. The lowest BCUT2D eigenvalue weighted by atomic mass is 9.98. The number of ketones is 2. The summed E-state index contributed by atoms with van der Waals surface area (Å²) in [6.07, 6.45) is 0.396. The van der Waals surface area contributed by atoms with Crippen LogP contribution in [0.25, 0.3) is 0 Å². The second-order valence-electron chi connectivity index (χ2n) is 5.61. The molecule has 3 rings (SSSR count). The summed E-state index contributed by atoms with van der Waals surface area (Å²) in [6.45, 7) is 0. The van der Waals surface area contributed by atoms with Crippen molar-refractivity contribution < 1.29 is 19.5 Å². The number of hydrogen-bond donors (Lipinski definition) is 2. The first kappa shape index (κ1) is 15.0. The van der Waals surface area contributed by atoms with E-state index in [0.717, 1.165) is 18.4 Å². The molecular weight excluding hydrogens is 294 g/mol. The van der Waals surface area contributed by atoms with Crippen LogP contribution in [0.4, 0.5) is 4.79 Å². The van der Waals surface area contributed by atoms with Crippen LogP contribution in [-0.2, 0) is 5.54 Å². The maximum atomic E-state index is 12.2. The number of nitrogens with one attached hydrogen (secondary N) is 1. The number of benzene rings is 2. The summed E-state index contributed by atoms with van der Waals surface area (Å²) >= 11 is 0. The number of Topliss-reactive ketones (excluding diaryl/α,β-unsaturated/α-hetero) is 2. The highest BCUT2D eigenvalue weighted by Crippen LogP contribution is 2.45. The van der Waals surface area contributed by atoms with Gasteiger partial charge in [0.05, 0.1) is 5.54 Å². The van der Waals surface area contributed by atoms with Gasteiger partial charge in [-0.2, -0.15) is 0 Å². The van der Waals surface area contributed by atoms with Gasteiger partial charge < -0.3 is 10.4 Å². The molecule has 2 N–H and O–H groups in total. The second kappa shape index (κ2) is 5.68. The fourth-order valence-corrected chi connectivity index (χ4v) is 2.61. The Labute approximate surface area is 133 Å². The molecule has 1 amide bonds. The van der Waals surface area contributed by atoms with E-state index in [9.17, 15) is 14.4 Å². The average molecular weight is 309 g/mol. The van der Waals surface area contributed by atoms with Gasteiger partial charge in [-0.15, -0.1) is 0 Å². The fourth-order valence-electron chi connectivity index (χ4n) is 2.61. The normalized spacial score (nSPS) is 14.8. The van der Waals surface area contributed by atoms with Crippen LogP contribution in [0.15, 0.2) is 54.6 Å². The van der Waals surface area contributed by atoms with E-state index in [4.69, 9.17) is 5.11 Å². The molecule has 0 aliphatic heterocycles. The molecule has 0 radical (unpaired) electrons. The van der Waals surface area contributed by atoms with Crippen LogP contribution in [0.2, 0.25) is 0 Å². The van der Waals surface area contributed by atoms with Gasteiger partial charge >= 0.3 is 6.09 Å². The first-order valence-electron chi connectivity index (χ1n) is 7.28. The third-order valence-electron chi connectivity index (χ3n) is 4.04. The Kier molecular flexibility index (Phi) is 3.70. The Morgan fingerprint density at radius 3 is 1.83 bits per heavy atom. The minimum atomic E-state index is -1.07. The number of carboxylic acid groups (broad SMARTS) is 1. The Balaban J connectivity index is 1.79. The first-order valence-corrected chi connectivity index (χ1v) is 7.28. The standard InChI is InChI=1S/C18H15NO4/c20-15(12-4-2-1-3-5-12)16(21)13-6-8-14(9-7-13)18(10-11-18)19-17(22)23/h1-9,19H,10-11H2,(H,22,23). The summed E-state index contributed by atoms with van der Waals surface area (Å²) in [5, 5.41) is 11.4. The van der Waals surface area contributed by atoms with E-state index >= 15 is 0 Å². The lowest BCUT2D eigenvalue weighted by Crippen LogP contribution is -2.33. The highest BCUT2D eigenvalue weighted by atomic mass is 16.4. The van der Waals surface area contributed by atoms with Gasteiger partial charge in [-0.1, -0.05) is 54.6 Å². The summed E-state index contributed by atoms with van der Waals surface area (Å²) < 4.78 is 0. The number of rotatable bonds is 5. The molecule has 0 heterocycles. The van der Waals surface area contributed by atoms with E-state index in [2.05, 4.69) is 5.32 Å². The summed E-state index contributed by atoms with van der Waals surface area (Å²) in [5.74, 6) is -1.12. The van der Waals surface area contributed by atoms with Crippen LogP contribution in [0.1, 0.15) is 39.1 Å². The summed E-state index contributed by atoms with van der Waals surface area (Å²) in [4.78, 5) is 35.2. The SMILES string of the molecule is O=C(O)NC1(c2ccc(C(=O)C(=O)c3ccccc3)cc2)CC1. The summed E-state index contributed by atoms with van der Waals surface area (Å²) in [6, 6.07) is 14.9. The molecule has 1 fully saturated rings. The minimum Gasteiger partial charge on any atom is -0.465 e. The minimum absolute atomic E-state index is 0.300. The van der Waals surface area contributed by atoms with Gasteiger partial charge in [0.15, 0.2) is 0 Å². The van der Waals surface area contributed by atoms with Crippen molar-refractivity contribution in [3.63, 3.8) is 0 Å². The van der Waals surface area contributed by atoms with Crippen LogP contribution in [0.5, 0.6) is 0 Å². The molecular formula is C18H15NO4. The molecule has 1 aliphatic carbocycles. The molecule has 0 unspecified atom stereocenters. The third-order valence-corrected chi connectivity index (χ3v) is 4.04. The van der Waals surface area contributed by atoms with Gasteiger partial charge in [-0.3, -0.25) is 9.59 Å². The molecule has 23 heavy (non-hydrogen) atoms. The smallest absolute Gasteiger partial charge is 0.405 e. The van der Waals surface area contributed by atoms with Gasteiger partial charge in [0.25, 0.3) is 0 Å². The van der Waals surface area contributed by atoms with Crippen molar-refractivity contribution >= 4 is 17.7 Å². The zero-order valence-corrected chi connectivity index (χ0v) is 12.3. The van der Waals surface area contributed by atoms with Crippen LogP contribution < -0.4 is 5.32 Å². The van der Waals surface area contributed by atoms with Crippen LogP contribution in [-0.4, -0.2) is 22.8 Å². The van der Waals surface area contributed by atoms with Gasteiger partial charge in [-0.25, -0.2) is 4.79 Å². The topological polar surface area (TPSA) is 83.5 Å². The molecule has 0 saturated heterocycles. The fraction of sp³-hybridized carbons (Fsp3) is 0.167. The predicted octanol–water partition coefficient (Wildman–Crippen LogP) is 3.01. The molecule has 0 bridgehead atoms. The largest absolute Gasteiger partial charge is 0.465 e. The highest BCUT2D eigenvalue weighted by Gasteiger charge is 2.45. The van der Waals surface area contributed by atoms with Gasteiger partial charge in [0, 0.05) is 11.1 Å². The molecule has 0 atom stereocenters. The second-order valence-corrected chi connectivity index (χ2v) is 5.61. The van der Waals surface area contributed by atoms with Gasteiger partial charge in [0.1, 0.15) is 0 Å². The Morgan fingerprint density at radius 1 is 0.826 bits per heavy atom. The van der Waals surface area contributed by atoms with Crippen LogP contribution in [0, 0.1) is 0 Å². The van der Waals surface area contributed by atoms with Crippen molar-refractivity contribution in [1.82, 2.24) is 5.32 Å². The van der Waals surface area contributed by atoms with E-state index in [0.29, 0.717) is 11.1 Å². The molecule has 0 aromatic heterocycles. The lowest BCUT2D eigenvalue weighted by Gasteiger charge is -2.15. The Bertz CT molecular complexity index is 761. The molecule has 1 saturated carbocycles. The van der Waals surface area contributed by atoms with E-state index in [1.807, 2.05) is 0 Å². The summed E-state index contributed by atoms with van der Waals surface area (Å²) in [5.41, 5.74) is 0.918. The van der Waals surface area contributed by atoms with Gasteiger partial charge in [0.2, 0.25) is 11.6 Å². The zero-order chi connectivity index (χ0) is 16.4. The number of amides is 1. The van der Waals surface area contributed by atoms with Crippen molar-refractivity contribution in [3.05, 3.63) is 71.3 Å². The maximum absolute atomic E-state index is 12.2. The molecule has 5 heteroatoms. The predicted molar refractivity (Wildman–Crippen MR) is 83.6 cm³/mol. The van der Waals surface area contributed by atoms with Crippen molar-refractivity contribution in [2.24, 2.45) is 0 Å². The maximum Gasteiger partial charge on any atom is 0.405 e. The van der Waals surface area contributed by atoms with E-state index in [-0.39, 0.29) is 0 Å². The molecule has 0 spiro atoms. The molecule has 1 aliphatic rings.